The summed E-state index contributed by atoms with van der Waals surface area (Å²) in [5.74, 6) is -1.44. The van der Waals surface area contributed by atoms with Crippen LogP contribution in [0.4, 0.5) is 4.39 Å². The van der Waals surface area contributed by atoms with Gasteiger partial charge in [-0.15, -0.1) is 0 Å². The van der Waals surface area contributed by atoms with Crippen LogP contribution in [-0.2, 0) is 22.7 Å². The van der Waals surface area contributed by atoms with Crippen LogP contribution in [0.2, 0.25) is 0 Å². The SMILES string of the molecule is O=C1CCC(N2Cc3cc(C4CCN(Cc5c[nH]c6nccnc56)CC4)c(F)cc3C2=O)C(=O)N1. The topological polar surface area (TPSA) is 111 Å². The van der Waals surface area contributed by atoms with E-state index in [0.29, 0.717) is 17.5 Å². The molecule has 0 spiro atoms. The van der Waals surface area contributed by atoms with Gasteiger partial charge in [0.1, 0.15) is 17.4 Å². The number of carbonyl (C=O) groups excluding carboxylic acids is 3. The van der Waals surface area contributed by atoms with Crippen LogP contribution in [-0.4, -0.2) is 61.6 Å². The van der Waals surface area contributed by atoms with E-state index in [-0.39, 0.29) is 36.5 Å². The zero-order chi connectivity index (χ0) is 24.1. The molecule has 3 aliphatic rings. The molecule has 10 heteroatoms. The van der Waals surface area contributed by atoms with E-state index in [1.807, 2.05) is 12.3 Å². The lowest BCUT2D eigenvalue weighted by Crippen LogP contribution is -2.52. The minimum Gasteiger partial charge on any atom is -0.344 e. The molecule has 3 aromatic rings. The minimum atomic E-state index is -0.698. The van der Waals surface area contributed by atoms with Crippen molar-refractivity contribution >= 4 is 28.9 Å². The number of aromatic nitrogens is 3. The van der Waals surface area contributed by atoms with Gasteiger partial charge in [-0.25, -0.2) is 9.37 Å². The van der Waals surface area contributed by atoms with Crippen molar-refractivity contribution in [3.05, 3.63) is 58.8 Å². The van der Waals surface area contributed by atoms with Crippen molar-refractivity contribution < 1.29 is 18.8 Å². The molecule has 0 saturated carbocycles. The van der Waals surface area contributed by atoms with Gasteiger partial charge in [-0.1, -0.05) is 6.07 Å². The fraction of sp³-hybridized carbons (Fsp3) is 0.400. The van der Waals surface area contributed by atoms with Gasteiger partial charge in [-0.3, -0.25) is 29.6 Å². The molecule has 0 radical (unpaired) electrons. The largest absolute Gasteiger partial charge is 0.344 e. The first-order chi connectivity index (χ1) is 17.0. The molecular weight excluding hydrogens is 451 g/mol. The van der Waals surface area contributed by atoms with Gasteiger partial charge in [0.2, 0.25) is 11.8 Å². The number of nitrogens with zero attached hydrogens (tertiary/aromatic N) is 4. The maximum Gasteiger partial charge on any atom is 0.255 e. The summed E-state index contributed by atoms with van der Waals surface area (Å²) in [6.07, 6.45) is 7.41. The Labute approximate surface area is 200 Å². The number of nitrogens with one attached hydrogen (secondary N) is 2. The molecule has 3 aliphatic heterocycles. The Bertz CT molecular complexity index is 1350. The number of benzene rings is 1. The summed E-state index contributed by atoms with van der Waals surface area (Å²) >= 11 is 0. The second kappa shape index (κ2) is 8.53. The van der Waals surface area contributed by atoms with Gasteiger partial charge in [0.15, 0.2) is 5.65 Å². The van der Waals surface area contributed by atoms with Crippen molar-refractivity contribution in [3.8, 4) is 0 Å². The van der Waals surface area contributed by atoms with Gasteiger partial charge in [-0.2, -0.15) is 0 Å². The lowest BCUT2D eigenvalue weighted by atomic mass is 9.87. The van der Waals surface area contributed by atoms with E-state index in [2.05, 4.69) is 25.2 Å². The van der Waals surface area contributed by atoms with Crippen LogP contribution in [0.25, 0.3) is 11.2 Å². The number of rotatable bonds is 4. The molecule has 1 unspecified atom stereocenters. The number of imide groups is 1. The zero-order valence-electron chi connectivity index (χ0n) is 19.1. The third kappa shape index (κ3) is 3.87. The zero-order valence-corrected chi connectivity index (χ0v) is 19.1. The lowest BCUT2D eigenvalue weighted by Gasteiger charge is -2.32. The summed E-state index contributed by atoms with van der Waals surface area (Å²) in [6, 6.07) is 2.44. The number of aromatic amines is 1. The van der Waals surface area contributed by atoms with Gasteiger partial charge < -0.3 is 9.88 Å². The molecule has 2 aromatic heterocycles. The molecule has 180 valence electrons. The Balaban J connectivity index is 1.14. The number of halogens is 1. The summed E-state index contributed by atoms with van der Waals surface area (Å²) in [5.41, 5.74) is 4.45. The van der Waals surface area contributed by atoms with Crippen LogP contribution in [0.1, 0.15) is 58.6 Å². The first kappa shape index (κ1) is 21.8. The fourth-order valence-corrected chi connectivity index (χ4v) is 5.59. The number of piperidine rings is 2. The van der Waals surface area contributed by atoms with E-state index >= 15 is 4.39 Å². The van der Waals surface area contributed by atoms with Gasteiger partial charge in [-0.05, 0) is 55.5 Å². The van der Waals surface area contributed by atoms with E-state index in [0.717, 1.165) is 54.8 Å². The normalized spacial score (nSPS) is 21.6. The molecule has 2 fully saturated rings. The van der Waals surface area contributed by atoms with Crippen LogP contribution < -0.4 is 5.32 Å². The van der Waals surface area contributed by atoms with Gasteiger partial charge >= 0.3 is 0 Å². The molecule has 0 bridgehead atoms. The number of amides is 3. The molecule has 0 aliphatic carbocycles. The third-order valence-electron chi connectivity index (χ3n) is 7.45. The second-order valence-corrected chi connectivity index (χ2v) is 9.55. The van der Waals surface area contributed by atoms with Gasteiger partial charge in [0.05, 0.1) is 0 Å². The summed E-state index contributed by atoms with van der Waals surface area (Å²) in [6.45, 7) is 2.67. The van der Waals surface area contributed by atoms with E-state index in [1.54, 1.807) is 12.4 Å². The number of fused-ring (bicyclic) bond motifs is 2. The Morgan fingerprint density at radius 1 is 1.06 bits per heavy atom. The number of hydrogen-bond acceptors (Lipinski definition) is 6. The van der Waals surface area contributed by atoms with Crippen molar-refractivity contribution in [2.24, 2.45) is 0 Å². The predicted octanol–water partition coefficient (Wildman–Crippen LogP) is 2.24. The van der Waals surface area contributed by atoms with Crippen LogP contribution >= 0.6 is 0 Å². The number of hydrogen-bond donors (Lipinski definition) is 2. The van der Waals surface area contributed by atoms with Crippen molar-refractivity contribution in [1.82, 2.24) is 30.1 Å². The highest BCUT2D eigenvalue weighted by molar-refractivity contribution is 6.05. The molecule has 5 heterocycles. The van der Waals surface area contributed by atoms with Crippen LogP contribution in [0, 0.1) is 5.82 Å². The molecule has 35 heavy (non-hydrogen) atoms. The maximum absolute atomic E-state index is 15.1. The monoisotopic (exact) mass is 476 g/mol. The predicted molar refractivity (Wildman–Crippen MR) is 124 cm³/mol. The average Bonchev–Trinajstić information content (AvgIpc) is 3.40. The molecule has 2 saturated heterocycles. The van der Waals surface area contributed by atoms with E-state index in [4.69, 9.17) is 0 Å². The molecule has 1 aromatic carbocycles. The summed E-state index contributed by atoms with van der Waals surface area (Å²) in [7, 11) is 0. The van der Waals surface area contributed by atoms with E-state index in [1.165, 1.54) is 11.0 Å². The van der Waals surface area contributed by atoms with Crippen molar-refractivity contribution in [2.75, 3.05) is 13.1 Å². The van der Waals surface area contributed by atoms with Crippen LogP contribution in [0.5, 0.6) is 0 Å². The highest BCUT2D eigenvalue weighted by Gasteiger charge is 2.40. The lowest BCUT2D eigenvalue weighted by molar-refractivity contribution is -0.136. The summed E-state index contributed by atoms with van der Waals surface area (Å²) in [5, 5.41) is 2.30. The van der Waals surface area contributed by atoms with Gasteiger partial charge in [0, 0.05) is 49.2 Å². The van der Waals surface area contributed by atoms with Crippen molar-refractivity contribution in [2.45, 2.75) is 50.7 Å². The molecule has 2 N–H and O–H groups in total. The number of carbonyl (C=O) groups is 3. The van der Waals surface area contributed by atoms with Crippen LogP contribution in [0.15, 0.2) is 30.7 Å². The molecule has 9 nitrogen and oxygen atoms in total. The highest BCUT2D eigenvalue weighted by Crippen LogP contribution is 2.35. The first-order valence-electron chi connectivity index (χ1n) is 11.9. The summed E-state index contributed by atoms with van der Waals surface area (Å²) < 4.78 is 15.1. The maximum atomic E-state index is 15.1. The standard InChI is InChI=1S/C25H25FN6O3/c26-19-10-18-15(13-32(25(18)35)20-1-2-21(33)30-24(20)34)9-17(19)14-3-7-31(8-4-14)12-16-11-29-23-22(16)27-5-6-28-23/h5-6,9-11,14,20H,1-4,7-8,12-13H2,(H,28,29)(H,30,33,34). The fourth-order valence-electron chi connectivity index (χ4n) is 5.59. The van der Waals surface area contributed by atoms with Gasteiger partial charge in [0.25, 0.3) is 5.91 Å². The Morgan fingerprint density at radius 2 is 1.86 bits per heavy atom. The smallest absolute Gasteiger partial charge is 0.255 e. The second-order valence-electron chi connectivity index (χ2n) is 9.55. The van der Waals surface area contributed by atoms with Crippen molar-refractivity contribution in [1.29, 1.82) is 0 Å². The summed E-state index contributed by atoms with van der Waals surface area (Å²) in [4.78, 5) is 52.3. The molecular formula is C25H25FN6O3. The molecule has 6 rings (SSSR count). The number of H-pyrrole nitrogens is 1. The third-order valence-corrected chi connectivity index (χ3v) is 7.45. The Hall–Kier alpha value is -3.66. The van der Waals surface area contributed by atoms with E-state index < -0.39 is 11.9 Å². The molecule has 3 amide bonds. The van der Waals surface area contributed by atoms with Crippen molar-refractivity contribution in [3.63, 3.8) is 0 Å². The Kier molecular flexibility index (Phi) is 5.32. The highest BCUT2D eigenvalue weighted by atomic mass is 19.1. The van der Waals surface area contributed by atoms with Crippen LogP contribution in [0.3, 0.4) is 0 Å². The number of likely N-dealkylation sites (tertiary alicyclic amines) is 1. The first-order valence-corrected chi connectivity index (χ1v) is 11.9. The Morgan fingerprint density at radius 3 is 2.66 bits per heavy atom. The minimum absolute atomic E-state index is 0.0686. The average molecular weight is 477 g/mol. The molecule has 1 atom stereocenters. The quantitative estimate of drug-likeness (QED) is 0.559. The van der Waals surface area contributed by atoms with E-state index in [9.17, 15) is 14.4 Å².